The van der Waals surface area contributed by atoms with Crippen LogP contribution in [0.3, 0.4) is 0 Å². The number of nitrogens with zero attached hydrogens (tertiary/aromatic N) is 24. The molecule has 20 heterocycles. The van der Waals surface area contributed by atoms with Crippen LogP contribution in [0.5, 0.6) is 0 Å². The van der Waals surface area contributed by atoms with E-state index in [1.165, 1.54) is 73.9 Å². The van der Waals surface area contributed by atoms with Crippen LogP contribution < -0.4 is 57.6 Å². The number of pyridine rings is 5. The van der Waals surface area contributed by atoms with Crippen LogP contribution in [0, 0.1) is 63.7 Å². The Balaban J connectivity index is 0.000000109. The number of rotatable bonds is 13. The second-order valence-corrected chi connectivity index (χ2v) is 38.3. The topological polar surface area (TPSA) is 343 Å². The summed E-state index contributed by atoms with van der Waals surface area (Å²) in [6.07, 6.45) is 10.3. The van der Waals surface area contributed by atoms with E-state index in [-0.39, 0.29) is 55.4 Å². The van der Waals surface area contributed by atoms with Crippen molar-refractivity contribution >= 4 is 112 Å². The predicted molar refractivity (Wildman–Crippen MR) is 563 cm³/mol. The molecule has 5 aliphatic rings. The maximum Gasteiger partial charge on any atom is 0.258 e. The average Bonchev–Trinajstić information content (AvgIpc) is 1.75. The number of anilines is 5. The molecule has 0 saturated carbocycles. The molecule has 0 bridgehead atoms. The molecule has 5 aliphatic heterocycles. The fraction of sp³-hybridized carbons (Fsp3) is 0.312. The van der Waals surface area contributed by atoms with Gasteiger partial charge in [-0.3, -0.25) is 50.9 Å². The SMILES string of the molecule is CCCN1CCN(c2ccc3nc(-c4cc(F)c5nc(C)oc5c4)cc(=O)n3c2)CC1.CCN1CCN(c2ccc3nc(-c4cc(F)c5nc(C)oc5c4)cc(=O)n3c2)CC1.Cc1nc2c(F)cc(-c3cc(=O)n4cc(N5CCN(C)CC5)ccc4n3)cc2o1.Cc1nc2c(F)cc(-c3cc(=O)n4cc(N5CCN(C)[C@@H](C)C5)ccc4n3)cc2o1.Cc1nc2c(F)cc(-c3cc(=O)n4cc(N5CCN[C@@H](C)C5)ccc4n3)cc2o1. The highest BCUT2D eigenvalue weighted by Crippen LogP contribution is 2.35. The van der Waals surface area contributed by atoms with Gasteiger partial charge in [-0.05, 0) is 169 Å². The average molecular weight is 2020 g/mol. The summed E-state index contributed by atoms with van der Waals surface area (Å²) >= 11 is 0. The summed E-state index contributed by atoms with van der Waals surface area (Å²) in [5.74, 6) is -0.552. The highest BCUT2D eigenvalue weighted by molar-refractivity contribution is 5.85. The monoisotopic (exact) mass is 2020 g/mol. The lowest BCUT2D eigenvalue weighted by Gasteiger charge is -2.39. The zero-order chi connectivity index (χ0) is 104. The van der Waals surface area contributed by atoms with Gasteiger partial charge in [0.2, 0.25) is 0 Å². The zero-order valence-electron chi connectivity index (χ0n) is 84.0. The first-order valence-electron chi connectivity index (χ1n) is 49.7. The number of oxazole rings is 5. The summed E-state index contributed by atoms with van der Waals surface area (Å²) in [6.45, 7) is 36.2. The molecule has 0 spiro atoms. The van der Waals surface area contributed by atoms with Gasteiger partial charge in [0, 0.05) is 254 Å². The minimum atomic E-state index is -0.500. The Morgan fingerprint density at radius 1 is 0.309 bits per heavy atom. The molecule has 764 valence electrons. The summed E-state index contributed by atoms with van der Waals surface area (Å²) in [5, 5.41) is 3.41. The van der Waals surface area contributed by atoms with Gasteiger partial charge in [-0.2, -0.15) is 0 Å². The summed E-state index contributed by atoms with van der Waals surface area (Å²) in [4.78, 5) is 128. The standard InChI is InChI=1S/C23H24FN5O2.2C22H22FN5O2.2C21H20FN5O2/c1-3-6-27-7-9-28(10-8-27)17-4-5-21-26-19(13-22(30)29(21)14-17)16-11-18(24)23-20(12-16)31-15(2)25-23;1-13-11-27(7-6-26(13)3)16-4-5-20-25-18(10-21(29)28(20)12-16)15-8-17(23)22-19(9-15)30-14(2)24-22;1-3-26-6-8-27(9-7-26)16-4-5-20-25-18(12-21(29)28(20)13-16)15-10-17(23)22-19(11-15)30-14(2)24-22;1-13-23-21-16(22)9-14(10-18(21)29-13)17-11-20(28)27-12-15(3-4-19(27)24-17)26-7-5-25(2)6-8-26;1-12-10-26(6-5-23-12)15-3-4-19-25-17(9-20(28)27(19)11-15)14-7-16(22)21-18(8-14)29-13(2)24-21/h4-5,11-14H,3,6-10H2,1-2H3;4-5,8-10,12-13H,6-7,11H2,1-3H3;4-5,10-13H,3,6-9H2,1-2H3;3-4,9-12H,5-8H2,1-2H3;3-4,7-9,11-12,23H,5-6,10H2,1-2H3/t;13-;;;12-/m.0..0/s1. The highest BCUT2D eigenvalue weighted by atomic mass is 19.1. The van der Waals surface area contributed by atoms with Crippen LogP contribution in [0.4, 0.5) is 50.4 Å². The lowest BCUT2D eigenvalue weighted by atomic mass is 10.1. The molecule has 20 aromatic rings. The first kappa shape index (κ1) is 98.7. The lowest BCUT2D eigenvalue weighted by Crippen LogP contribution is -2.50. The normalized spacial score (nSPS) is 16.3. The van der Waals surface area contributed by atoms with Crippen molar-refractivity contribution in [2.24, 2.45) is 0 Å². The van der Waals surface area contributed by atoms with Crippen LogP contribution in [-0.4, -0.2) is 249 Å². The van der Waals surface area contributed by atoms with Crippen molar-refractivity contribution in [3.8, 4) is 56.3 Å². The van der Waals surface area contributed by atoms with E-state index in [4.69, 9.17) is 22.1 Å². The van der Waals surface area contributed by atoms with Gasteiger partial charge in [0.1, 0.15) is 55.8 Å². The molecule has 5 fully saturated rings. The molecule has 2 atom stereocenters. The van der Waals surface area contributed by atoms with E-state index in [1.807, 2.05) is 91.6 Å². The van der Waals surface area contributed by atoms with Crippen molar-refractivity contribution in [2.75, 3.05) is 169 Å². The van der Waals surface area contributed by atoms with Crippen molar-refractivity contribution in [3.05, 3.63) is 293 Å². The molecule has 5 saturated heterocycles. The predicted octanol–water partition coefficient (Wildman–Crippen LogP) is 15.1. The first-order valence-corrected chi connectivity index (χ1v) is 49.7. The van der Waals surface area contributed by atoms with Crippen molar-refractivity contribution in [1.29, 1.82) is 0 Å². The van der Waals surface area contributed by atoms with Crippen molar-refractivity contribution < 1.29 is 44.0 Å². The van der Waals surface area contributed by atoms with E-state index in [2.05, 4.69) is 141 Å². The van der Waals surface area contributed by atoms with Crippen LogP contribution in [0.2, 0.25) is 0 Å². The third-order valence-electron chi connectivity index (χ3n) is 27.9. The smallest absolute Gasteiger partial charge is 0.258 e. The first-order chi connectivity index (χ1) is 71.9. The Labute approximate surface area is 848 Å². The number of aromatic nitrogens is 15. The molecular weight excluding hydrogens is 1910 g/mol. The Hall–Kier alpha value is -16.3. The summed E-state index contributed by atoms with van der Waals surface area (Å²) < 4.78 is 107. The third-order valence-corrected chi connectivity index (χ3v) is 27.9. The van der Waals surface area contributed by atoms with Gasteiger partial charge >= 0.3 is 0 Å². The number of hydrogen-bond donors (Lipinski definition) is 1. The van der Waals surface area contributed by atoms with Gasteiger partial charge in [-0.1, -0.05) is 13.8 Å². The van der Waals surface area contributed by atoms with Crippen molar-refractivity contribution in [2.45, 2.75) is 80.8 Å². The number of benzene rings is 5. The summed E-state index contributed by atoms with van der Waals surface area (Å²) in [7, 11) is 4.23. The number of fused-ring (bicyclic) bond motifs is 10. The van der Waals surface area contributed by atoms with Crippen LogP contribution in [0.25, 0.3) is 140 Å². The Morgan fingerprint density at radius 3 is 0.839 bits per heavy atom. The quantitative estimate of drug-likeness (QED) is 0.105. The number of nitrogens with one attached hydrogen (secondary N) is 1. The number of likely N-dealkylation sites (N-methyl/N-ethyl adjacent to an activating group) is 3. The van der Waals surface area contributed by atoms with Gasteiger partial charge in [-0.15, -0.1) is 0 Å². The molecule has 0 aliphatic carbocycles. The minimum Gasteiger partial charge on any atom is -0.441 e. The van der Waals surface area contributed by atoms with E-state index >= 15 is 0 Å². The molecule has 25 rings (SSSR count). The van der Waals surface area contributed by atoms with Crippen molar-refractivity contribution in [3.63, 3.8) is 0 Å². The maximum absolute atomic E-state index is 14.5. The van der Waals surface area contributed by atoms with Crippen LogP contribution in [0.1, 0.15) is 63.6 Å². The van der Waals surface area contributed by atoms with Crippen LogP contribution >= 0.6 is 0 Å². The van der Waals surface area contributed by atoms with Gasteiger partial charge in [-0.25, -0.2) is 71.8 Å². The summed E-state index contributed by atoms with van der Waals surface area (Å²) in [6, 6.07) is 42.0. The fourth-order valence-corrected chi connectivity index (χ4v) is 19.8. The third kappa shape index (κ3) is 20.8. The second-order valence-electron chi connectivity index (χ2n) is 38.3. The number of hydrogen-bond acceptors (Lipinski definition) is 30. The molecule has 1 N–H and O–H groups in total. The van der Waals surface area contributed by atoms with Crippen molar-refractivity contribution in [1.82, 2.24) is 96.8 Å². The molecule has 40 heteroatoms. The van der Waals surface area contributed by atoms with Gasteiger partial charge in [0.25, 0.3) is 27.8 Å². The Morgan fingerprint density at radius 2 is 0.570 bits per heavy atom. The number of aryl methyl sites for hydroxylation is 5. The van der Waals surface area contributed by atoms with Crippen LogP contribution in [0.15, 0.2) is 229 Å². The zero-order valence-corrected chi connectivity index (χ0v) is 84.0. The van der Waals surface area contributed by atoms with E-state index in [9.17, 15) is 45.9 Å². The number of halogens is 5. The lowest BCUT2D eigenvalue weighted by molar-refractivity contribution is 0.234. The highest BCUT2D eigenvalue weighted by Gasteiger charge is 2.28. The van der Waals surface area contributed by atoms with Crippen LogP contribution in [-0.2, 0) is 0 Å². The molecule has 35 nitrogen and oxygen atoms in total. The summed E-state index contributed by atoms with van der Waals surface area (Å²) in [5.41, 5.74) is 13.5. The van der Waals surface area contributed by atoms with Gasteiger partial charge in [0.15, 0.2) is 86.5 Å². The fourth-order valence-electron chi connectivity index (χ4n) is 19.8. The molecule has 5 aromatic carbocycles. The van der Waals surface area contributed by atoms with E-state index in [0.29, 0.717) is 154 Å². The molecule has 149 heavy (non-hydrogen) atoms. The molecular formula is C109H108F5N25O10. The molecule has 0 amide bonds. The number of piperazine rings is 5. The van der Waals surface area contributed by atoms with Gasteiger partial charge in [0.05, 0.1) is 56.9 Å². The molecule has 0 radical (unpaired) electrons. The largest absolute Gasteiger partial charge is 0.441 e. The van der Waals surface area contributed by atoms with E-state index in [0.717, 1.165) is 166 Å². The minimum absolute atomic E-state index is 0.179. The van der Waals surface area contributed by atoms with E-state index < -0.39 is 29.1 Å². The Kier molecular flexibility index (Phi) is 27.3. The second kappa shape index (κ2) is 41.2. The van der Waals surface area contributed by atoms with Gasteiger partial charge < -0.3 is 66.6 Å². The molecule has 15 aromatic heterocycles. The maximum atomic E-state index is 14.5. The van der Waals surface area contributed by atoms with E-state index in [1.54, 1.807) is 73.8 Å². The Bertz CT molecular complexity index is 8890. The molecule has 0 unspecified atom stereocenters.